The van der Waals surface area contributed by atoms with Gasteiger partial charge in [-0.05, 0) is 24.6 Å². The number of nitrogens with one attached hydrogen (secondary N) is 2. The van der Waals surface area contributed by atoms with Crippen LogP contribution in [0.2, 0.25) is 0 Å². The van der Waals surface area contributed by atoms with E-state index in [1.165, 1.54) is 12.1 Å². The molecule has 0 aliphatic rings. The van der Waals surface area contributed by atoms with Crippen molar-refractivity contribution in [1.29, 1.82) is 0 Å². The first-order valence-corrected chi connectivity index (χ1v) is 8.15. The molecule has 0 aromatic heterocycles. The molecule has 126 valence electrons. The Balaban J connectivity index is 0.00000441. The molecule has 0 fully saturated rings. The maximum atomic E-state index is 11.2. The molecule has 0 saturated carbocycles. The minimum Gasteiger partial charge on any atom is -0.383 e. The highest BCUT2D eigenvalue weighted by Crippen LogP contribution is 2.09. The highest BCUT2D eigenvalue weighted by molar-refractivity contribution is 14.0. The summed E-state index contributed by atoms with van der Waals surface area (Å²) in [6.45, 7) is 4.42. The summed E-state index contributed by atoms with van der Waals surface area (Å²) in [5, 5.41) is 11.3. The number of aliphatic imine (C=N–C) groups is 1. The van der Waals surface area contributed by atoms with E-state index in [1.807, 2.05) is 6.92 Å². The Morgan fingerprint density at radius 3 is 2.41 bits per heavy atom. The van der Waals surface area contributed by atoms with Crippen LogP contribution >= 0.6 is 24.0 Å². The van der Waals surface area contributed by atoms with Crippen LogP contribution in [0.1, 0.15) is 12.5 Å². The number of primary sulfonamides is 1. The number of rotatable bonds is 7. The first kappa shape index (κ1) is 21.1. The Morgan fingerprint density at radius 1 is 1.27 bits per heavy atom. The molecule has 0 heterocycles. The second-order valence-corrected chi connectivity index (χ2v) is 5.87. The van der Waals surface area contributed by atoms with Crippen LogP contribution in [0, 0.1) is 0 Å². The van der Waals surface area contributed by atoms with E-state index < -0.39 is 10.0 Å². The fraction of sp³-hybridized carbons (Fsp3) is 0.462. The van der Waals surface area contributed by atoms with Crippen molar-refractivity contribution in [3.8, 4) is 0 Å². The van der Waals surface area contributed by atoms with Crippen LogP contribution < -0.4 is 15.8 Å². The van der Waals surface area contributed by atoms with Crippen molar-refractivity contribution >= 4 is 40.0 Å². The molecule has 0 aliphatic carbocycles. The topological polar surface area (TPSA) is 106 Å². The normalized spacial score (nSPS) is 11.7. The van der Waals surface area contributed by atoms with E-state index in [0.29, 0.717) is 25.7 Å². The number of hydrogen-bond acceptors (Lipinski definition) is 4. The second-order valence-electron chi connectivity index (χ2n) is 4.30. The lowest BCUT2D eigenvalue weighted by molar-refractivity contribution is 0.203. The quantitative estimate of drug-likeness (QED) is 0.249. The molecule has 0 aliphatic heterocycles. The fourth-order valence-electron chi connectivity index (χ4n) is 1.57. The summed E-state index contributed by atoms with van der Waals surface area (Å²) in [6.07, 6.45) is 0. The predicted octanol–water partition coefficient (Wildman–Crippen LogP) is 0.653. The van der Waals surface area contributed by atoms with Crippen molar-refractivity contribution in [3.63, 3.8) is 0 Å². The smallest absolute Gasteiger partial charge is 0.238 e. The van der Waals surface area contributed by atoms with E-state index >= 15 is 0 Å². The van der Waals surface area contributed by atoms with E-state index in [1.54, 1.807) is 19.2 Å². The van der Waals surface area contributed by atoms with Crippen LogP contribution in [0.15, 0.2) is 34.2 Å². The Labute approximate surface area is 148 Å². The van der Waals surface area contributed by atoms with Crippen molar-refractivity contribution < 1.29 is 13.2 Å². The summed E-state index contributed by atoms with van der Waals surface area (Å²) >= 11 is 0. The first-order valence-electron chi connectivity index (χ1n) is 6.60. The van der Waals surface area contributed by atoms with Crippen LogP contribution in [0.3, 0.4) is 0 Å². The monoisotopic (exact) mass is 442 g/mol. The number of ether oxygens (including phenoxy) is 1. The molecule has 0 spiro atoms. The average molecular weight is 442 g/mol. The summed E-state index contributed by atoms with van der Waals surface area (Å²) < 4.78 is 27.3. The number of nitrogens with two attached hydrogens (primary N) is 1. The van der Waals surface area contributed by atoms with Gasteiger partial charge in [-0.1, -0.05) is 12.1 Å². The van der Waals surface area contributed by atoms with Gasteiger partial charge < -0.3 is 15.4 Å². The summed E-state index contributed by atoms with van der Waals surface area (Å²) in [4.78, 5) is 4.50. The van der Waals surface area contributed by atoms with Crippen molar-refractivity contribution in [2.75, 3.05) is 26.8 Å². The SMILES string of the molecule is CCNC(=NCc1ccc(S(N)(=O)=O)cc1)NCCOC.I. The molecule has 0 amide bonds. The van der Waals surface area contributed by atoms with Crippen LogP contribution in [-0.2, 0) is 21.3 Å². The van der Waals surface area contributed by atoms with Crippen molar-refractivity contribution in [3.05, 3.63) is 29.8 Å². The van der Waals surface area contributed by atoms with Crippen LogP contribution in [0.25, 0.3) is 0 Å². The van der Waals surface area contributed by atoms with Gasteiger partial charge in [0.15, 0.2) is 5.96 Å². The summed E-state index contributed by atoms with van der Waals surface area (Å²) in [6, 6.07) is 6.35. The van der Waals surface area contributed by atoms with Crippen molar-refractivity contribution in [1.82, 2.24) is 10.6 Å². The Morgan fingerprint density at radius 2 is 1.91 bits per heavy atom. The maximum Gasteiger partial charge on any atom is 0.238 e. The number of nitrogens with zero attached hydrogens (tertiary/aromatic N) is 1. The third-order valence-corrected chi connectivity index (χ3v) is 3.54. The van der Waals surface area contributed by atoms with Gasteiger partial charge in [-0.15, -0.1) is 24.0 Å². The highest BCUT2D eigenvalue weighted by Gasteiger charge is 2.06. The van der Waals surface area contributed by atoms with Gasteiger partial charge in [0.05, 0.1) is 18.0 Å². The van der Waals surface area contributed by atoms with Crippen molar-refractivity contribution in [2.45, 2.75) is 18.4 Å². The van der Waals surface area contributed by atoms with Gasteiger partial charge in [-0.3, -0.25) is 0 Å². The summed E-state index contributed by atoms with van der Waals surface area (Å²) in [5.41, 5.74) is 0.895. The molecule has 1 rings (SSSR count). The summed E-state index contributed by atoms with van der Waals surface area (Å²) in [7, 11) is -2.01. The minimum atomic E-state index is -3.65. The van der Waals surface area contributed by atoms with E-state index in [-0.39, 0.29) is 28.9 Å². The first-order chi connectivity index (χ1) is 9.97. The number of sulfonamides is 1. The van der Waals surface area contributed by atoms with E-state index in [0.717, 1.165) is 12.1 Å². The number of hydrogen-bond donors (Lipinski definition) is 3. The molecule has 7 nitrogen and oxygen atoms in total. The zero-order valence-corrected chi connectivity index (χ0v) is 15.9. The Kier molecular flexibility index (Phi) is 10.3. The molecule has 1 aromatic carbocycles. The molecule has 0 bridgehead atoms. The van der Waals surface area contributed by atoms with Gasteiger partial charge in [0, 0.05) is 20.2 Å². The largest absolute Gasteiger partial charge is 0.383 e. The molecule has 0 saturated heterocycles. The third-order valence-electron chi connectivity index (χ3n) is 2.61. The number of methoxy groups -OCH3 is 1. The molecule has 0 unspecified atom stereocenters. The van der Waals surface area contributed by atoms with Gasteiger partial charge in [-0.25, -0.2) is 18.5 Å². The van der Waals surface area contributed by atoms with E-state index in [2.05, 4.69) is 15.6 Å². The van der Waals surface area contributed by atoms with Crippen LogP contribution in [0.5, 0.6) is 0 Å². The van der Waals surface area contributed by atoms with Gasteiger partial charge in [0.1, 0.15) is 0 Å². The van der Waals surface area contributed by atoms with Crippen LogP contribution in [0.4, 0.5) is 0 Å². The predicted molar refractivity (Wildman–Crippen MR) is 97.9 cm³/mol. The lowest BCUT2D eigenvalue weighted by Crippen LogP contribution is -2.38. The molecule has 4 N–H and O–H groups in total. The Hall–Kier alpha value is -0.910. The van der Waals surface area contributed by atoms with Crippen molar-refractivity contribution in [2.24, 2.45) is 10.1 Å². The molecule has 0 radical (unpaired) electrons. The van der Waals surface area contributed by atoms with Crippen LogP contribution in [-0.4, -0.2) is 41.2 Å². The number of benzene rings is 1. The zero-order valence-electron chi connectivity index (χ0n) is 12.7. The molecule has 9 heteroatoms. The van der Waals surface area contributed by atoms with Gasteiger partial charge >= 0.3 is 0 Å². The average Bonchev–Trinajstić information content (AvgIpc) is 2.44. The maximum absolute atomic E-state index is 11.2. The molecule has 1 aromatic rings. The minimum absolute atomic E-state index is 0. The number of halogens is 1. The molecular formula is C13H23IN4O3S. The lowest BCUT2D eigenvalue weighted by Gasteiger charge is -2.10. The second kappa shape index (κ2) is 10.8. The molecule has 22 heavy (non-hydrogen) atoms. The molecule has 0 atom stereocenters. The molecular weight excluding hydrogens is 419 g/mol. The standard InChI is InChI=1S/C13H22N4O3S.HI/c1-3-15-13(16-8-9-20-2)17-10-11-4-6-12(7-5-11)21(14,18)19;/h4-7H,3,8-10H2,1-2H3,(H2,14,18,19)(H2,15,16,17);1H. The van der Waals surface area contributed by atoms with E-state index in [4.69, 9.17) is 9.88 Å². The highest BCUT2D eigenvalue weighted by atomic mass is 127. The fourth-order valence-corrected chi connectivity index (χ4v) is 2.08. The van der Waals surface area contributed by atoms with Gasteiger partial charge in [0.2, 0.25) is 10.0 Å². The summed E-state index contributed by atoms with van der Waals surface area (Å²) in [5.74, 6) is 0.685. The van der Waals surface area contributed by atoms with Gasteiger partial charge in [-0.2, -0.15) is 0 Å². The van der Waals surface area contributed by atoms with Gasteiger partial charge in [0.25, 0.3) is 0 Å². The third kappa shape index (κ3) is 7.92. The lowest BCUT2D eigenvalue weighted by atomic mass is 10.2. The van der Waals surface area contributed by atoms with E-state index in [9.17, 15) is 8.42 Å². The number of guanidine groups is 1. The zero-order chi connectivity index (χ0) is 15.7. The Bertz CT molecular complexity index is 561.